The molecular formula is C8H20N2O2. The molecule has 0 unspecified atom stereocenters. The maximum Gasteiger partial charge on any atom is 0.0819 e. The van der Waals surface area contributed by atoms with Crippen LogP contribution >= 0.6 is 0 Å². The molecule has 0 aliphatic rings. The highest BCUT2D eigenvalue weighted by Gasteiger charge is 1.94. The van der Waals surface area contributed by atoms with Gasteiger partial charge in [-0.2, -0.15) is 0 Å². The molecule has 0 atom stereocenters. The molecule has 0 rings (SSSR count). The fourth-order valence-electron chi connectivity index (χ4n) is 1.08. The van der Waals surface area contributed by atoms with Crippen molar-refractivity contribution >= 4 is 0 Å². The van der Waals surface area contributed by atoms with Crippen molar-refractivity contribution in [3.05, 3.63) is 0 Å². The van der Waals surface area contributed by atoms with Gasteiger partial charge < -0.3 is 11.5 Å². The van der Waals surface area contributed by atoms with Crippen molar-refractivity contribution in [3.63, 3.8) is 0 Å². The Morgan fingerprint density at radius 1 is 1.00 bits per heavy atom. The van der Waals surface area contributed by atoms with Gasteiger partial charge in [0.05, 0.1) is 12.8 Å². The van der Waals surface area contributed by atoms with Gasteiger partial charge in [-0.15, -0.1) is 0 Å². The first-order valence-electron chi connectivity index (χ1n) is 4.55. The van der Waals surface area contributed by atoms with Gasteiger partial charge in [0, 0.05) is 0 Å². The first-order chi connectivity index (χ1) is 5.77. The van der Waals surface area contributed by atoms with Crippen molar-refractivity contribution in [3.8, 4) is 0 Å². The summed E-state index contributed by atoms with van der Waals surface area (Å²) in [6, 6.07) is 0. The number of rotatable bonds is 8. The Kier molecular flexibility index (Phi) is 8.81. The number of nitrogens with two attached hydrogens (primary N) is 2. The minimum Gasteiger partial charge on any atom is -0.316 e. The second-order valence-electron chi connectivity index (χ2n) is 3.05. The maximum absolute atomic E-state index is 8.01. The van der Waals surface area contributed by atoms with Crippen LogP contribution in [0, 0.1) is 0 Å². The van der Waals surface area contributed by atoms with Crippen molar-refractivity contribution in [2.45, 2.75) is 44.7 Å². The fourth-order valence-corrected chi connectivity index (χ4v) is 1.08. The predicted octanol–water partition coefficient (Wildman–Crippen LogP) is 1.06. The van der Waals surface area contributed by atoms with E-state index in [1.54, 1.807) is 0 Å². The van der Waals surface area contributed by atoms with Crippen LogP contribution in [0.5, 0.6) is 0 Å². The quantitative estimate of drug-likeness (QED) is 0.223. The summed E-state index contributed by atoms with van der Waals surface area (Å²) < 4.78 is 0. The summed E-state index contributed by atoms with van der Waals surface area (Å²) in [4.78, 5) is 3.95. The Balaban J connectivity index is 2.82. The van der Waals surface area contributed by atoms with Crippen molar-refractivity contribution in [1.82, 2.24) is 0 Å². The zero-order valence-electron chi connectivity index (χ0n) is 7.54. The van der Waals surface area contributed by atoms with E-state index in [0.29, 0.717) is 6.61 Å². The van der Waals surface area contributed by atoms with Crippen LogP contribution in [0.4, 0.5) is 0 Å². The second-order valence-corrected chi connectivity index (χ2v) is 3.05. The van der Waals surface area contributed by atoms with Crippen LogP contribution in [-0.4, -0.2) is 18.0 Å². The van der Waals surface area contributed by atoms with E-state index in [0.717, 1.165) is 38.5 Å². The van der Waals surface area contributed by atoms with Gasteiger partial charge in [-0.25, -0.2) is 4.89 Å². The third-order valence-electron chi connectivity index (χ3n) is 1.77. The van der Waals surface area contributed by atoms with Gasteiger partial charge in [-0.1, -0.05) is 25.7 Å². The molecule has 0 aromatic rings. The van der Waals surface area contributed by atoms with Crippen LogP contribution in [0.25, 0.3) is 0 Å². The van der Waals surface area contributed by atoms with Gasteiger partial charge in [0.2, 0.25) is 0 Å². The van der Waals surface area contributed by atoms with Crippen molar-refractivity contribution < 1.29 is 10.1 Å². The molecule has 0 aromatic carbocycles. The fraction of sp³-hybridized carbons (Fsp3) is 1.00. The van der Waals surface area contributed by atoms with Crippen LogP contribution in [0.1, 0.15) is 38.5 Å². The molecule has 5 N–H and O–H groups in total. The highest BCUT2D eigenvalue weighted by atomic mass is 17.1. The van der Waals surface area contributed by atoms with Gasteiger partial charge >= 0.3 is 0 Å². The van der Waals surface area contributed by atoms with Crippen LogP contribution < -0.4 is 11.5 Å². The minimum absolute atomic E-state index is 0.161. The van der Waals surface area contributed by atoms with E-state index in [9.17, 15) is 0 Å². The lowest BCUT2D eigenvalue weighted by Crippen LogP contribution is -2.29. The molecule has 12 heavy (non-hydrogen) atoms. The summed E-state index contributed by atoms with van der Waals surface area (Å²) in [5, 5.41) is 8.01. The topological polar surface area (TPSA) is 81.5 Å². The zero-order chi connectivity index (χ0) is 9.23. The van der Waals surface area contributed by atoms with E-state index >= 15 is 0 Å². The summed E-state index contributed by atoms with van der Waals surface area (Å²) in [7, 11) is 0. The molecule has 0 aliphatic carbocycles. The lowest BCUT2D eigenvalue weighted by Gasteiger charge is -2.03. The third-order valence-corrected chi connectivity index (χ3v) is 1.77. The zero-order valence-corrected chi connectivity index (χ0v) is 7.54. The third kappa shape index (κ3) is 9.84. The minimum atomic E-state index is -0.161. The van der Waals surface area contributed by atoms with E-state index in [1.165, 1.54) is 0 Å². The molecule has 0 fully saturated rings. The largest absolute Gasteiger partial charge is 0.316 e. The molecular weight excluding hydrogens is 156 g/mol. The summed E-state index contributed by atoms with van der Waals surface area (Å²) in [5.41, 5.74) is 10.8. The highest BCUT2D eigenvalue weighted by molar-refractivity contribution is 4.51. The van der Waals surface area contributed by atoms with Gasteiger partial charge in [0.1, 0.15) is 0 Å². The Morgan fingerprint density at radius 3 is 2.17 bits per heavy atom. The van der Waals surface area contributed by atoms with Crippen molar-refractivity contribution in [1.29, 1.82) is 0 Å². The molecule has 0 radical (unpaired) electrons. The molecule has 0 aliphatic heterocycles. The lowest BCUT2D eigenvalue weighted by molar-refractivity contribution is -0.242. The van der Waals surface area contributed by atoms with Crippen molar-refractivity contribution in [2.24, 2.45) is 11.5 Å². The number of hydrogen-bond donors (Lipinski definition) is 3. The lowest BCUT2D eigenvalue weighted by atomic mass is 10.1. The second kappa shape index (κ2) is 8.93. The maximum atomic E-state index is 8.01. The van der Waals surface area contributed by atoms with E-state index < -0.39 is 0 Å². The Hall–Kier alpha value is -0.160. The molecule has 4 nitrogen and oxygen atoms in total. The molecule has 0 spiro atoms. The predicted molar refractivity (Wildman–Crippen MR) is 48.4 cm³/mol. The molecule has 74 valence electrons. The molecule has 0 aromatic heterocycles. The van der Waals surface area contributed by atoms with Gasteiger partial charge in [-0.05, 0) is 12.8 Å². The highest BCUT2D eigenvalue weighted by Crippen LogP contribution is 2.05. The molecule has 4 heteroatoms. The average Bonchev–Trinajstić information content (AvgIpc) is 2.02. The summed E-state index contributed by atoms with van der Waals surface area (Å²) >= 11 is 0. The number of unbranched alkanes of at least 4 members (excludes halogenated alkanes) is 4. The van der Waals surface area contributed by atoms with E-state index in [2.05, 4.69) is 4.89 Å². The monoisotopic (exact) mass is 176 g/mol. The standard InChI is InChI=1S/C8H20N2O2/c9-8(10)6-4-2-1-3-5-7-12-11/h8,11H,1-7,9-10H2. The molecule has 0 saturated heterocycles. The van der Waals surface area contributed by atoms with Crippen LogP contribution in [-0.2, 0) is 4.89 Å². The number of hydrogen-bond acceptors (Lipinski definition) is 4. The van der Waals surface area contributed by atoms with E-state index in [1.807, 2.05) is 0 Å². The smallest absolute Gasteiger partial charge is 0.0819 e. The Morgan fingerprint density at radius 2 is 1.58 bits per heavy atom. The summed E-state index contributed by atoms with van der Waals surface area (Å²) in [5.74, 6) is 0. The van der Waals surface area contributed by atoms with E-state index in [4.69, 9.17) is 16.7 Å². The van der Waals surface area contributed by atoms with Crippen LogP contribution in [0.2, 0.25) is 0 Å². The SMILES string of the molecule is NC(N)CCCCCCCOO. The van der Waals surface area contributed by atoms with E-state index in [-0.39, 0.29) is 6.17 Å². The first kappa shape index (κ1) is 11.8. The normalized spacial score (nSPS) is 11.0. The summed E-state index contributed by atoms with van der Waals surface area (Å²) in [6.07, 6.45) is 6.18. The molecule has 0 saturated carbocycles. The molecule has 0 heterocycles. The molecule has 0 bridgehead atoms. The van der Waals surface area contributed by atoms with Gasteiger partial charge in [0.15, 0.2) is 0 Å². The average molecular weight is 176 g/mol. The van der Waals surface area contributed by atoms with Crippen LogP contribution in [0.15, 0.2) is 0 Å². The van der Waals surface area contributed by atoms with Crippen molar-refractivity contribution in [2.75, 3.05) is 6.61 Å². The first-order valence-corrected chi connectivity index (χ1v) is 4.55. The van der Waals surface area contributed by atoms with Gasteiger partial charge in [-0.3, -0.25) is 5.26 Å². The molecule has 0 amide bonds. The van der Waals surface area contributed by atoms with Gasteiger partial charge in [0.25, 0.3) is 0 Å². The van der Waals surface area contributed by atoms with Crippen LogP contribution in [0.3, 0.4) is 0 Å². The Bertz CT molecular complexity index is 89.1. The summed E-state index contributed by atoms with van der Waals surface area (Å²) in [6.45, 7) is 0.441. The Labute approximate surface area is 73.8 Å².